The molecule has 1 aliphatic heterocycles. The van der Waals surface area contributed by atoms with Gasteiger partial charge in [0.1, 0.15) is 0 Å². The molecule has 1 unspecified atom stereocenters. The summed E-state index contributed by atoms with van der Waals surface area (Å²) in [6.07, 6.45) is 7.56. The van der Waals surface area contributed by atoms with Crippen molar-refractivity contribution in [2.24, 2.45) is 0 Å². The molecule has 1 aliphatic rings. The van der Waals surface area contributed by atoms with Crippen molar-refractivity contribution in [1.82, 2.24) is 20.2 Å². The number of aromatic nitrogens is 2. The number of piperazine rings is 1. The van der Waals surface area contributed by atoms with Gasteiger partial charge in [0.2, 0.25) is 0 Å². The summed E-state index contributed by atoms with van der Waals surface area (Å²) in [4.78, 5) is 10.9. The van der Waals surface area contributed by atoms with Gasteiger partial charge >= 0.3 is 0 Å². The van der Waals surface area contributed by atoms with Crippen LogP contribution in [-0.4, -0.2) is 34.5 Å². The van der Waals surface area contributed by atoms with Crippen LogP contribution in [0.5, 0.6) is 0 Å². The molecule has 0 amide bonds. The fourth-order valence-electron chi connectivity index (χ4n) is 2.56. The summed E-state index contributed by atoms with van der Waals surface area (Å²) >= 11 is 0. The lowest BCUT2D eigenvalue weighted by Crippen LogP contribution is -2.45. The van der Waals surface area contributed by atoms with Crippen molar-refractivity contribution < 1.29 is 0 Å². The van der Waals surface area contributed by atoms with Crippen molar-refractivity contribution in [2.45, 2.75) is 12.6 Å². The molecule has 0 radical (unpaired) electrons. The average Bonchev–Trinajstić information content (AvgIpc) is 2.50. The molecule has 4 nitrogen and oxygen atoms in total. The van der Waals surface area contributed by atoms with E-state index in [9.17, 15) is 0 Å². The molecule has 0 aliphatic carbocycles. The van der Waals surface area contributed by atoms with Gasteiger partial charge in [-0.25, -0.2) is 0 Å². The SMILES string of the molecule is c1cncc(CN2CCNCC2c2cccnc2)c1. The Morgan fingerprint density at radius 1 is 1.16 bits per heavy atom. The zero-order valence-corrected chi connectivity index (χ0v) is 10.9. The number of hydrogen-bond acceptors (Lipinski definition) is 4. The maximum Gasteiger partial charge on any atom is 0.0492 e. The molecule has 0 bridgehead atoms. The Hall–Kier alpha value is -1.78. The first-order chi connectivity index (χ1) is 9.43. The molecule has 0 saturated carbocycles. The number of rotatable bonds is 3. The lowest BCUT2D eigenvalue weighted by Gasteiger charge is -2.36. The van der Waals surface area contributed by atoms with Crippen LogP contribution in [0, 0.1) is 0 Å². The topological polar surface area (TPSA) is 41.1 Å². The van der Waals surface area contributed by atoms with Crippen LogP contribution in [-0.2, 0) is 6.54 Å². The van der Waals surface area contributed by atoms with Gasteiger partial charge in [-0.1, -0.05) is 12.1 Å². The highest BCUT2D eigenvalue weighted by Crippen LogP contribution is 2.23. The van der Waals surface area contributed by atoms with Gasteiger partial charge in [-0.15, -0.1) is 0 Å². The van der Waals surface area contributed by atoms with E-state index >= 15 is 0 Å². The Morgan fingerprint density at radius 3 is 2.74 bits per heavy atom. The Kier molecular flexibility index (Phi) is 3.81. The summed E-state index contributed by atoms with van der Waals surface area (Å²) < 4.78 is 0. The quantitative estimate of drug-likeness (QED) is 0.903. The summed E-state index contributed by atoms with van der Waals surface area (Å²) in [6.45, 7) is 4.01. The second-order valence-electron chi connectivity index (χ2n) is 4.84. The molecule has 1 N–H and O–H groups in total. The Bertz CT molecular complexity index is 500. The Morgan fingerprint density at radius 2 is 2.00 bits per heavy atom. The molecule has 1 atom stereocenters. The molecule has 0 aromatic carbocycles. The van der Waals surface area contributed by atoms with Gasteiger partial charge in [-0.3, -0.25) is 14.9 Å². The van der Waals surface area contributed by atoms with Crippen LogP contribution in [0.2, 0.25) is 0 Å². The van der Waals surface area contributed by atoms with E-state index < -0.39 is 0 Å². The van der Waals surface area contributed by atoms with E-state index in [4.69, 9.17) is 0 Å². The minimum absolute atomic E-state index is 0.391. The van der Waals surface area contributed by atoms with Gasteiger partial charge in [-0.05, 0) is 23.3 Å². The van der Waals surface area contributed by atoms with Crippen molar-refractivity contribution in [3.8, 4) is 0 Å². The first-order valence-corrected chi connectivity index (χ1v) is 6.67. The van der Waals surface area contributed by atoms with Crippen LogP contribution in [0.15, 0.2) is 49.1 Å². The molecule has 0 spiro atoms. The molecule has 4 heteroatoms. The third-order valence-corrected chi connectivity index (χ3v) is 3.53. The monoisotopic (exact) mass is 254 g/mol. The maximum absolute atomic E-state index is 4.23. The first-order valence-electron chi connectivity index (χ1n) is 6.67. The van der Waals surface area contributed by atoms with E-state index in [1.54, 1.807) is 0 Å². The van der Waals surface area contributed by atoms with Crippen LogP contribution in [0.25, 0.3) is 0 Å². The molecule has 1 saturated heterocycles. The van der Waals surface area contributed by atoms with E-state index in [1.807, 2.05) is 36.9 Å². The zero-order chi connectivity index (χ0) is 12.9. The van der Waals surface area contributed by atoms with Crippen LogP contribution in [0.1, 0.15) is 17.2 Å². The number of hydrogen-bond donors (Lipinski definition) is 1. The average molecular weight is 254 g/mol. The van der Waals surface area contributed by atoms with Gasteiger partial charge in [0.05, 0.1) is 0 Å². The molecular weight excluding hydrogens is 236 g/mol. The molecule has 1 fully saturated rings. The minimum Gasteiger partial charge on any atom is -0.314 e. The van der Waals surface area contributed by atoms with Crippen LogP contribution in [0.3, 0.4) is 0 Å². The molecule has 19 heavy (non-hydrogen) atoms. The van der Waals surface area contributed by atoms with E-state index in [1.165, 1.54) is 11.1 Å². The zero-order valence-electron chi connectivity index (χ0n) is 10.9. The molecule has 3 heterocycles. The van der Waals surface area contributed by atoms with Crippen molar-refractivity contribution in [1.29, 1.82) is 0 Å². The van der Waals surface area contributed by atoms with E-state index in [0.717, 1.165) is 26.2 Å². The highest BCUT2D eigenvalue weighted by Gasteiger charge is 2.23. The van der Waals surface area contributed by atoms with Gasteiger partial charge in [-0.2, -0.15) is 0 Å². The van der Waals surface area contributed by atoms with Crippen LogP contribution >= 0.6 is 0 Å². The lowest BCUT2D eigenvalue weighted by molar-refractivity contribution is 0.153. The third kappa shape index (κ3) is 2.97. The van der Waals surface area contributed by atoms with E-state index in [-0.39, 0.29) is 0 Å². The third-order valence-electron chi connectivity index (χ3n) is 3.53. The molecule has 2 aromatic rings. The fraction of sp³-hybridized carbons (Fsp3) is 0.333. The predicted octanol–water partition coefficient (Wildman–Crippen LogP) is 1.62. The van der Waals surface area contributed by atoms with Crippen LogP contribution < -0.4 is 5.32 Å². The smallest absolute Gasteiger partial charge is 0.0492 e. The number of pyridine rings is 2. The summed E-state index contributed by atoms with van der Waals surface area (Å²) in [5.74, 6) is 0. The van der Waals surface area contributed by atoms with Crippen molar-refractivity contribution in [3.05, 3.63) is 60.2 Å². The van der Waals surface area contributed by atoms with E-state index in [2.05, 4.69) is 32.3 Å². The van der Waals surface area contributed by atoms with Gasteiger partial charge in [0, 0.05) is 57.0 Å². The molecule has 98 valence electrons. The lowest BCUT2D eigenvalue weighted by atomic mass is 10.0. The summed E-state index contributed by atoms with van der Waals surface area (Å²) in [7, 11) is 0. The summed E-state index contributed by atoms with van der Waals surface area (Å²) in [5, 5.41) is 3.46. The summed E-state index contributed by atoms with van der Waals surface area (Å²) in [6, 6.07) is 8.68. The normalized spacial score (nSPS) is 20.3. The summed E-state index contributed by atoms with van der Waals surface area (Å²) in [5.41, 5.74) is 2.54. The number of nitrogens with zero attached hydrogens (tertiary/aromatic N) is 3. The Labute approximate surface area is 113 Å². The van der Waals surface area contributed by atoms with E-state index in [0.29, 0.717) is 6.04 Å². The predicted molar refractivity (Wildman–Crippen MR) is 74.5 cm³/mol. The second-order valence-corrected chi connectivity index (χ2v) is 4.84. The van der Waals surface area contributed by atoms with Crippen LogP contribution in [0.4, 0.5) is 0 Å². The number of nitrogens with one attached hydrogen (secondary N) is 1. The molecule has 3 rings (SSSR count). The largest absolute Gasteiger partial charge is 0.314 e. The first kappa shape index (κ1) is 12.3. The second kappa shape index (κ2) is 5.91. The van der Waals surface area contributed by atoms with Gasteiger partial charge < -0.3 is 5.32 Å². The van der Waals surface area contributed by atoms with Crippen molar-refractivity contribution in [3.63, 3.8) is 0 Å². The highest BCUT2D eigenvalue weighted by atomic mass is 15.2. The van der Waals surface area contributed by atoms with Gasteiger partial charge in [0.25, 0.3) is 0 Å². The van der Waals surface area contributed by atoms with Crippen molar-refractivity contribution >= 4 is 0 Å². The highest BCUT2D eigenvalue weighted by molar-refractivity contribution is 5.17. The fourth-order valence-corrected chi connectivity index (χ4v) is 2.56. The molecular formula is C15H18N4. The minimum atomic E-state index is 0.391. The standard InChI is InChI=1S/C15H18N4/c1-3-13(9-16-5-1)12-19-8-7-18-11-15(19)14-4-2-6-17-10-14/h1-6,9-10,15,18H,7-8,11-12H2. The maximum atomic E-state index is 4.23. The Balaban J connectivity index is 1.78. The van der Waals surface area contributed by atoms with Crippen molar-refractivity contribution in [2.75, 3.05) is 19.6 Å². The molecule has 2 aromatic heterocycles. The van der Waals surface area contributed by atoms with Gasteiger partial charge in [0.15, 0.2) is 0 Å².